The minimum absolute atomic E-state index is 0.157. The summed E-state index contributed by atoms with van der Waals surface area (Å²) >= 11 is 6.17. The molecule has 0 amide bonds. The Morgan fingerprint density at radius 1 is 1.32 bits per heavy atom. The van der Waals surface area contributed by atoms with Gasteiger partial charge in [-0.3, -0.25) is 9.36 Å². The minimum Gasteiger partial charge on any atom is -0.337 e. The van der Waals surface area contributed by atoms with E-state index in [1.165, 1.54) is 10.9 Å². The molecule has 11 heteroatoms. The van der Waals surface area contributed by atoms with Crippen LogP contribution in [0.2, 0.25) is 5.15 Å². The average Bonchev–Trinajstić information content (AvgIpc) is 3.23. The lowest BCUT2D eigenvalue weighted by atomic mass is 10.2. The first-order valence-corrected chi connectivity index (χ1v) is 7.67. The van der Waals surface area contributed by atoms with Gasteiger partial charge in [0.05, 0.1) is 5.69 Å². The van der Waals surface area contributed by atoms with Crippen LogP contribution in [0.5, 0.6) is 0 Å². The molecule has 1 unspecified atom stereocenters. The molecule has 134 valence electrons. The highest BCUT2D eigenvalue weighted by atomic mass is 35.5. The third kappa shape index (κ3) is 3.39. The lowest BCUT2D eigenvalue weighted by Gasteiger charge is -2.07. The van der Waals surface area contributed by atoms with Gasteiger partial charge in [-0.05, 0) is 19.9 Å². The number of alkyl halides is 3. The van der Waals surface area contributed by atoms with Crippen LogP contribution in [-0.2, 0) is 19.6 Å². The van der Waals surface area contributed by atoms with Crippen LogP contribution in [0.15, 0.2) is 16.8 Å². The van der Waals surface area contributed by atoms with E-state index in [9.17, 15) is 13.2 Å². The van der Waals surface area contributed by atoms with E-state index in [-0.39, 0.29) is 5.89 Å². The van der Waals surface area contributed by atoms with Crippen molar-refractivity contribution in [3.63, 3.8) is 0 Å². The molecule has 0 saturated heterocycles. The van der Waals surface area contributed by atoms with E-state index < -0.39 is 17.9 Å². The van der Waals surface area contributed by atoms with Crippen LogP contribution < -0.4 is 0 Å². The molecule has 3 aromatic heterocycles. The third-order valence-electron chi connectivity index (χ3n) is 3.74. The van der Waals surface area contributed by atoms with E-state index in [0.717, 1.165) is 22.0 Å². The molecule has 3 aromatic rings. The first kappa shape index (κ1) is 17.5. The summed E-state index contributed by atoms with van der Waals surface area (Å²) in [6, 6.07) is 0.259. The number of halogens is 4. The van der Waals surface area contributed by atoms with E-state index in [1.54, 1.807) is 14.0 Å². The molecule has 0 bridgehead atoms. The molecule has 3 rings (SSSR count). The third-order valence-corrected chi connectivity index (χ3v) is 4.21. The molecule has 7 nitrogen and oxygen atoms in total. The van der Waals surface area contributed by atoms with Crippen molar-refractivity contribution in [3.8, 4) is 0 Å². The smallest absolute Gasteiger partial charge is 0.337 e. The van der Waals surface area contributed by atoms with Gasteiger partial charge in [-0.15, -0.1) is 0 Å². The molecule has 0 saturated carbocycles. The fraction of sp³-hybridized carbons (Fsp3) is 0.429. The zero-order valence-electron chi connectivity index (χ0n) is 13.5. The molecule has 25 heavy (non-hydrogen) atoms. The number of rotatable bonds is 4. The molecule has 0 aliphatic carbocycles. The van der Waals surface area contributed by atoms with Gasteiger partial charge in [0.1, 0.15) is 11.2 Å². The Morgan fingerprint density at radius 2 is 2.04 bits per heavy atom. The van der Waals surface area contributed by atoms with Crippen molar-refractivity contribution in [3.05, 3.63) is 46.1 Å². The Morgan fingerprint density at radius 3 is 2.60 bits per heavy atom. The van der Waals surface area contributed by atoms with Gasteiger partial charge in [0.2, 0.25) is 0 Å². The normalized spacial score (nSPS) is 13.4. The zero-order chi connectivity index (χ0) is 18.4. The molecule has 0 aliphatic heterocycles. The van der Waals surface area contributed by atoms with Crippen LogP contribution >= 0.6 is 11.6 Å². The van der Waals surface area contributed by atoms with E-state index >= 15 is 0 Å². The summed E-state index contributed by atoms with van der Waals surface area (Å²) in [5.74, 6) is 0.521. The van der Waals surface area contributed by atoms with Crippen LogP contribution in [-0.4, -0.2) is 29.7 Å². The molecule has 0 spiro atoms. The summed E-state index contributed by atoms with van der Waals surface area (Å²) in [6.07, 6.45) is -2.97. The lowest BCUT2D eigenvalue weighted by Crippen LogP contribution is -2.11. The maximum Gasteiger partial charge on any atom is 0.435 e. The van der Waals surface area contributed by atoms with Gasteiger partial charge in [-0.25, -0.2) is 0 Å². The molecule has 0 radical (unpaired) electrons. The van der Waals surface area contributed by atoms with Gasteiger partial charge in [0, 0.05) is 25.2 Å². The number of nitrogens with zero attached hydrogens (tertiary/aromatic N) is 6. The summed E-state index contributed by atoms with van der Waals surface area (Å²) in [4.78, 5) is 4.23. The van der Waals surface area contributed by atoms with E-state index in [1.807, 2.05) is 6.92 Å². The molecule has 0 fully saturated rings. The Balaban J connectivity index is 1.80. The summed E-state index contributed by atoms with van der Waals surface area (Å²) in [5.41, 5.74) is 0.535. The van der Waals surface area contributed by atoms with Crippen molar-refractivity contribution < 1.29 is 17.7 Å². The second-order valence-corrected chi connectivity index (χ2v) is 5.92. The topological polar surface area (TPSA) is 74.6 Å². The zero-order valence-corrected chi connectivity index (χ0v) is 14.3. The molecular weight excluding hydrogens is 361 g/mol. The summed E-state index contributed by atoms with van der Waals surface area (Å²) in [7, 11) is 1.72. The van der Waals surface area contributed by atoms with Crippen LogP contribution in [0.25, 0.3) is 0 Å². The van der Waals surface area contributed by atoms with Crippen LogP contribution in [0.4, 0.5) is 13.2 Å². The molecule has 0 aromatic carbocycles. The van der Waals surface area contributed by atoms with Crippen molar-refractivity contribution in [1.29, 1.82) is 0 Å². The maximum atomic E-state index is 12.6. The molecule has 3 heterocycles. The quantitative estimate of drug-likeness (QED) is 0.701. The number of hydrogen-bond acceptors (Lipinski definition) is 5. The second-order valence-electron chi connectivity index (χ2n) is 5.56. The fourth-order valence-corrected chi connectivity index (χ4v) is 2.60. The number of aromatic nitrogens is 6. The number of aryl methyl sites for hydroxylation is 2. The van der Waals surface area contributed by atoms with Crippen LogP contribution in [0.3, 0.4) is 0 Å². The van der Waals surface area contributed by atoms with Crippen molar-refractivity contribution in [1.82, 2.24) is 29.7 Å². The average molecular weight is 375 g/mol. The summed E-state index contributed by atoms with van der Waals surface area (Å²) in [6.45, 7) is 3.43. The molecule has 0 aliphatic rings. The Bertz CT molecular complexity index is 897. The second kappa shape index (κ2) is 6.17. The molecule has 0 N–H and O–H groups in total. The first-order chi connectivity index (χ1) is 11.7. The summed E-state index contributed by atoms with van der Waals surface area (Å²) in [5, 5.41) is 12.0. The highest BCUT2D eigenvalue weighted by molar-refractivity contribution is 6.30. The van der Waals surface area contributed by atoms with Crippen molar-refractivity contribution in [2.75, 3.05) is 0 Å². The predicted molar refractivity (Wildman–Crippen MR) is 81.1 cm³/mol. The highest BCUT2D eigenvalue weighted by Crippen LogP contribution is 2.28. The van der Waals surface area contributed by atoms with E-state index in [0.29, 0.717) is 17.4 Å². The standard InChI is InChI=1S/C14H14ClF3N6O/c1-7-9(12(15)23(3)20-7)6-11-19-13(25-22-11)8(2)24-5-4-10(21-24)14(16,17)18/h4-5,8H,6H2,1-3H3. The van der Waals surface area contributed by atoms with E-state index in [4.69, 9.17) is 16.1 Å². The highest BCUT2D eigenvalue weighted by Gasteiger charge is 2.34. The van der Waals surface area contributed by atoms with Gasteiger partial charge in [0.25, 0.3) is 5.89 Å². The van der Waals surface area contributed by atoms with Gasteiger partial charge >= 0.3 is 6.18 Å². The van der Waals surface area contributed by atoms with E-state index in [2.05, 4.69) is 20.3 Å². The van der Waals surface area contributed by atoms with Crippen molar-refractivity contribution >= 4 is 11.6 Å². The Labute approximate surface area is 145 Å². The van der Waals surface area contributed by atoms with Crippen LogP contribution in [0.1, 0.15) is 41.6 Å². The van der Waals surface area contributed by atoms with Gasteiger partial charge in [0.15, 0.2) is 11.5 Å². The summed E-state index contributed by atoms with van der Waals surface area (Å²) < 4.78 is 45.8. The van der Waals surface area contributed by atoms with Crippen LogP contribution in [0, 0.1) is 6.92 Å². The SMILES string of the molecule is Cc1nn(C)c(Cl)c1Cc1noc(C(C)n2ccc(C(F)(F)F)n2)n1. The minimum atomic E-state index is -4.50. The van der Waals surface area contributed by atoms with Gasteiger partial charge in [-0.2, -0.15) is 28.4 Å². The first-order valence-electron chi connectivity index (χ1n) is 7.29. The van der Waals surface area contributed by atoms with Gasteiger partial charge in [-0.1, -0.05) is 16.8 Å². The maximum absolute atomic E-state index is 12.6. The van der Waals surface area contributed by atoms with Crippen molar-refractivity contribution in [2.45, 2.75) is 32.5 Å². The Hall–Kier alpha value is -2.36. The Kier molecular flexibility index (Phi) is 4.31. The van der Waals surface area contributed by atoms with Gasteiger partial charge < -0.3 is 4.52 Å². The lowest BCUT2D eigenvalue weighted by molar-refractivity contribution is -0.141. The largest absolute Gasteiger partial charge is 0.435 e. The monoisotopic (exact) mass is 374 g/mol. The molecular formula is C14H14ClF3N6O. The molecule has 1 atom stereocenters. The predicted octanol–water partition coefficient (Wildman–Crippen LogP) is 3.18. The van der Waals surface area contributed by atoms with Crippen molar-refractivity contribution in [2.24, 2.45) is 7.05 Å². The fourth-order valence-electron chi connectivity index (χ4n) is 2.36. The number of hydrogen-bond donors (Lipinski definition) is 0.